The maximum absolute atomic E-state index is 12.7. The van der Waals surface area contributed by atoms with Crippen molar-refractivity contribution < 1.29 is 9.21 Å². The number of amides is 1. The number of benzene rings is 1. The van der Waals surface area contributed by atoms with E-state index in [9.17, 15) is 4.79 Å². The summed E-state index contributed by atoms with van der Waals surface area (Å²) in [6.45, 7) is 6.21. The van der Waals surface area contributed by atoms with Gasteiger partial charge in [-0.1, -0.05) is 29.8 Å². The van der Waals surface area contributed by atoms with Gasteiger partial charge in [-0.05, 0) is 24.6 Å². The lowest BCUT2D eigenvalue weighted by Crippen LogP contribution is -2.48. The molecular formula is C20H22N4O2. The molecule has 1 aromatic carbocycles. The predicted octanol–water partition coefficient (Wildman–Crippen LogP) is 2.94. The monoisotopic (exact) mass is 350 g/mol. The Morgan fingerprint density at radius 3 is 2.73 bits per heavy atom. The first kappa shape index (κ1) is 16.6. The Morgan fingerprint density at radius 2 is 2.00 bits per heavy atom. The van der Waals surface area contributed by atoms with Crippen LogP contribution in [0, 0.1) is 6.92 Å². The van der Waals surface area contributed by atoms with Crippen molar-refractivity contribution in [2.45, 2.75) is 13.5 Å². The van der Waals surface area contributed by atoms with Crippen molar-refractivity contribution in [3.63, 3.8) is 0 Å². The van der Waals surface area contributed by atoms with Crippen LogP contribution in [0.25, 0.3) is 11.5 Å². The molecule has 6 nitrogen and oxygen atoms in total. The van der Waals surface area contributed by atoms with Gasteiger partial charge < -0.3 is 9.32 Å². The maximum Gasteiger partial charge on any atom is 0.274 e. The number of hydrogen-bond donors (Lipinski definition) is 1. The van der Waals surface area contributed by atoms with Crippen LogP contribution in [0.3, 0.4) is 0 Å². The van der Waals surface area contributed by atoms with Crippen LogP contribution in [0.4, 0.5) is 0 Å². The summed E-state index contributed by atoms with van der Waals surface area (Å²) < 4.78 is 5.33. The molecule has 1 N–H and O–H groups in total. The molecule has 0 atom stereocenters. The number of furan rings is 1. The van der Waals surface area contributed by atoms with E-state index in [0.29, 0.717) is 24.5 Å². The third kappa shape index (κ3) is 3.55. The fraction of sp³-hybridized carbons (Fsp3) is 0.300. The average Bonchev–Trinajstić information content (AvgIpc) is 3.33. The molecule has 1 amide bonds. The van der Waals surface area contributed by atoms with Gasteiger partial charge in [-0.2, -0.15) is 5.10 Å². The molecular weight excluding hydrogens is 328 g/mol. The van der Waals surface area contributed by atoms with Crippen LogP contribution < -0.4 is 0 Å². The van der Waals surface area contributed by atoms with Crippen LogP contribution >= 0.6 is 0 Å². The second-order valence-corrected chi connectivity index (χ2v) is 6.70. The number of piperazine rings is 1. The van der Waals surface area contributed by atoms with Gasteiger partial charge in [-0.15, -0.1) is 0 Å². The van der Waals surface area contributed by atoms with E-state index >= 15 is 0 Å². The quantitative estimate of drug-likeness (QED) is 0.786. The average molecular weight is 350 g/mol. The van der Waals surface area contributed by atoms with Gasteiger partial charge in [-0.25, -0.2) is 0 Å². The van der Waals surface area contributed by atoms with E-state index in [1.54, 1.807) is 12.3 Å². The van der Waals surface area contributed by atoms with E-state index in [0.717, 1.165) is 25.3 Å². The van der Waals surface area contributed by atoms with Gasteiger partial charge in [0.1, 0.15) is 5.69 Å². The minimum Gasteiger partial charge on any atom is -0.463 e. The van der Waals surface area contributed by atoms with Crippen molar-refractivity contribution >= 4 is 5.91 Å². The van der Waals surface area contributed by atoms with Crippen molar-refractivity contribution in [1.82, 2.24) is 20.0 Å². The number of H-pyrrole nitrogens is 1. The van der Waals surface area contributed by atoms with Crippen molar-refractivity contribution in [2.75, 3.05) is 26.2 Å². The lowest BCUT2D eigenvalue weighted by Gasteiger charge is -2.34. The Kier molecular flexibility index (Phi) is 4.58. The Balaban J connectivity index is 1.35. The van der Waals surface area contributed by atoms with Gasteiger partial charge in [0.15, 0.2) is 11.5 Å². The molecule has 0 saturated carbocycles. The molecule has 3 heterocycles. The fourth-order valence-corrected chi connectivity index (χ4v) is 3.33. The fourth-order valence-electron chi connectivity index (χ4n) is 3.33. The Labute approximate surface area is 152 Å². The number of aromatic amines is 1. The van der Waals surface area contributed by atoms with Gasteiger partial charge in [-0.3, -0.25) is 14.8 Å². The zero-order valence-corrected chi connectivity index (χ0v) is 14.8. The number of carbonyl (C=O) groups excluding carboxylic acids is 1. The lowest BCUT2D eigenvalue weighted by atomic mass is 10.1. The first-order valence-corrected chi connectivity index (χ1v) is 8.85. The summed E-state index contributed by atoms with van der Waals surface area (Å²) in [4.78, 5) is 16.9. The molecule has 0 radical (unpaired) electrons. The Morgan fingerprint density at radius 1 is 1.15 bits per heavy atom. The van der Waals surface area contributed by atoms with Gasteiger partial charge in [0.25, 0.3) is 5.91 Å². The van der Waals surface area contributed by atoms with E-state index in [2.05, 4.69) is 46.3 Å². The summed E-state index contributed by atoms with van der Waals surface area (Å²) >= 11 is 0. The second kappa shape index (κ2) is 7.17. The number of carbonyl (C=O) groups is 1. The first-order chi connectivity index (χ1) is 12.7. The van der Waals surface area contributed by atoms with Crippen LogP contribution in [0.1, 0.15) is 21.6 Å². The van der Waals surface area contributed by atoms with Crippen molar-refractivity contribution in [3.05, 3.63) is 65.5 Å². The highest BCUT2D eigenvalue weighted by atomic mass is 16.3. The number of aromatic nitrogens is 2. The summed E-state index contributed by atoms with van der Waals surface area (Å²) in [5, 5.41) is 7.03. The number of aryl methyl sites for hydroxylation is 1. The van der Waals surface area contributed by atoms with E-state index < -0.39 is 0 Å². The molecule has 134 valence electrons. The third-order valence-electron chi connectivity index (χ3n) is 4.73. The molecule has 6 heteroatoms. The summed E-state index contributed by atoms with van der Waals surface area (Å²) in [5.74, 6) is 0.647. The SMILES string of the molecule is Cc1cccc(CN2CCN(C(=O)c3cc(-c4ccco4)[nH]n3)CC2)c1. The van der Waals surface area contributed by atoms with Crippen LogP contribution in [-0.4, -0.2) is 52.1 Å². The zero-order chi connectivity index (χ0) is 17.9. The third-order valence-corrected chi connectivity index (χ3v) is 4.73. The Hall–Kier alpha value is -2.86. The summed E-state index contributed by atoms with van der Waals surface area (Å²) in [7, 11) is 0. The number of nitrogens with zero attached hydrogens (tertiary/aromatic N) is 3. The normalized spacial score (nSPS) is 15.3. The first-order valence-electron chi connectivity index (χ1n) is 8.85. The Bertz CT molecular complexity index is 877. The molecule has 1 aliphatic heterocycles. The largest absolute Gasteiger partial charge is 0.463 e. The maximum atomic E-state index is 12.7. The summed E-state index contributed by atoms with van der Waals surface area (Å²) in [6, 6.07) is 14.0. The number of hydrogen-bond acceptors (Lipinski definition) is 4. The van der Waals surface area contributed by atoms with E-state index in [-0.39, 0.29) is 5.91 Å². The molecule has 0 spiro atoms. The molecule has 4 rings (SSSR count). The molecule has 0 aliphatic carbocycles. The van der Waals surface area contributed by atoms with Crippen LogP contribution in [0.2, 0.25) is 0 Å². The van der Waals surface area contributed by atoms with Gasteiger partial charge in [0.05, 0.1) is 6.26 Å². The van der Waals surface area contributed by atoms with Crippen LogP contribution in [-0.2, 0) is 6.54 Å². The molecule has 1 saturated heterocycles. The van der Waals surface area contributed by atoms with Crippen molar-refractivity contribution in [3.8, 4) is 11.5 Å². The topological polar surface area (TPSA) is 65.4 Å². The smallest absolute Gasteiger partial charge is 0.274 e. The zero-order valence-electron chi connectivity index (χ0n) is 14.8. The highest BCUT2D eigenvalue weighted by Gasteiger charge is 2.24. The molecule has 1 fully saturated rings. The molecule has 3 aromatic rings. The standard InChI is InChI=1S/C20H22N4O2/c1-15-4-2-5-16(12-15)14-23-7-9-24(10-8-23)20(25)18-13-17(21-22-18)19-6-3-11-26-19/h2-6,11-13H,7-10,14H2,1H3,(H,21,22). The predicted molar refractivity (Wildman–Crippen MR) is 98.6 cm³/mol. The van der Waals surface area contributed by atoms with Crippen molar-refractivity contribution in [1.29, 1.82) is 0 Å². The summed E-state index contributed by atoms with van der Waals surface area (Å²) in [6.07, 6.45) is 1.60. The van der Waals surface area contributed by atoms with Crippen LogP contribution in [0.5, 0.6) is 0 Å². The molecule has 2 aromatic heterocycles. The van der Waals surface area contributed by atoms with E-state index in [1.807, 2.05) is 17.0 Å². The van der Waals surface area contributed by atoms with Gasteiger partial charge >= 0.3 is 0 Å². The minimum atomic E-state index is -0.0331. The van der Waals surface area contributed by atoms with Gasteiger partial charge in [0.2, 0.25) is 0 Å². The second-order valence-electron chi connectivity index (χ2n) is 6.70. The number of rotatable bonds is 4. The highest BCUT2D eigenvalue weighted by molar-refractivity contribution is 5.93. The number of nitrogens with one attached hydrogen (secondary N) is 1. The molecule has 26 heavy (non-hydrogen) atoms. The van der Waals surface area contributed by atoms with E-state index in [1.165, 1.54) is 11.1 Å². The summed E-state index contributed by atoms with van der Waals surface area (Å²) in [5.41, 5.74) is 3.75. The molecule has 0 unspecified atom stereocenters. The van der Waals surface area contributed by atoms with Crippen molar-refractivity contribution in [2.24, 2.45) is 0 Å². The highest BCUT2D eigenvalue weighted by Crippen LogP contribution is 2.19. The lowest BCUT2D eigenvalue weighted by molar-refractivity contribution is 0.0622. The van der Waals surface area contributed by atoms with Gasteiger partial charge in [0, 0.05) is 38.8 Å². The van der Waals surface area contributed by atoms with E-state index in [4.69, 9.17) is 4.42 Å². The minimum absolute atomic E-state index is 0.0331. The molecule has 1 aliphatic rings. The molecule has 0 bridgehead atoms. The van der Waals surface area contributed by atoms with Crippen LogP contribution in [0.15, 0.2) is 53.1 Å².